The Morgan fingerprint density at radius 3 is 2.93 bits per heavy atom. The normalized spacial score (nSPS) is 11.2. The minimum atomic E-state index is -0.271. The summed E-state index contributed by atoms with van der Waals surface area (Å²) in [5.74, 6) is -0.271. The monoisotopic (exact) mass is 413 g/mol. The van der Waals surface area contributed by atoms with Crippen molar-refractivity contribution in [3.63, 3.8) is 0 Å². The van der Waals surface area contributed by atoms with E-state index in [1.165, 1.54) is 11.3 Å². The van der Waals surface area contributed by atoms with Crippen LogP contribution < -0.4 is 5.69 Å². The number of para-hydroxylation sites is 2. The van der Waals surface area contributed by atoms with Gasteiger partial charge >= 0.3 is 11.7 Å². The van der Waals surface area contributed by atoms with Crippen molar-refractivity contribution in [2.45, 2.75) is 26.3 Å². The fourth-order valence-electron chi connectivity index (χ4n) is 3.11. The van der Waals surface area contributed by atoms with Crippen LogP contribution in [0.15, 0.2) is 46.6 Å². The molecule has 3 heterocycles. The van der Waals surface area contributed by atoms with Crippen molar-refractivity contribution in [2.75, 3.05) is 6.61 Å². The van der Waals surface area contributed by atoms with Gasteiger partial charge in [0.25, 0.3) is 0 Å². The molecule has 0 aliphatic heterocycles. The molecule has 0 aliphatic rings. The number of carbonyl (C=O) groups excluding carboxylic acids is 1. The number of aromatic nitrogens is 3. The molecule has 6 nitrogen and oxygen atoms in total. The standard InChI is InChI=1S/C20H19N3O3S2/c1-13-21-19(16-8-4-11-27-16)17(28-13)12-18(24)26-10-5-9-23-15-7-3-2-6-14(15)22-20(23)25/h2-4,6-8,11H,5,9-10,12H2,1H3,(H,22,25). The zero-order valence-corrected chi connectivity index (χ0v) is 16.9. The Morgan fingerprint density at radius 2 is 2.11 bits per heavy atom. The summed E-state index contributed by atoms with van der Waals surface area (Å²) in [6.45, 7) is 2.71. The molecule has 0 aliphatic carbocycles. The summed E-state index contributed by atoms with van der Waals surface area (Å²) in [5.41, 5.74) is 2.40. The summed E-state index contributed by atoms with van der Waals surface area (Å²) in [7, 11) is 0. The lowest BCUT2D eigenvalue weighted by Gasteiger charge is -2.06. The van der Waals surface area contributed by atoms with E-state index in [4.69, 9.17) is 4.74 Å². The van der Waals surface area contributed by atoms with Crippen molar-refractivity contribution < 1.29 is 9.53 Å². The Hall–Kier alpha value is -2.71. The molecule has 28 heavy (non-hydrogen) atoms. The number of nitrogens with one attached hydrogen (secondary N) is 1. The minimum Gasteiger partial charge on any atom is -0.465 e. The van der Waals surface area contributed by atoms with Crippen LogP contribution in [-0.4, -0.2) is 27.1 Å². The van der Waals surface area contributed by atoms with Gasteiger partial charge in [0.1, 0.15) is 0 Å². The highest BCUT2D eigenvalue weighted by Gasteiger charge is 2.16. The molecule has 0 saturated heterocycles. The van der Waals surface area contributed by atoms with Crippen LogP contribution in [0, 0.1) is 6.92 Å². The van der Waals surface area contributed by atoms with Gasteiger partial charge in [-0.25, -0.2) is 9.78 Å². The molecule has 0 fully saturated rings. The number of carbonyl (C=O) groups is 1. The van der Waals surface area contributed by atoms with Gasteiger partial charge in [-0.1, -0.05) is 18.2 Å². The first-order valence-electron chi connectivity index (χ1n) is 8.95. The maximum Gasteiger partial charge on any atom is 0.326 e. The third kappa shape index (κ3) is 3.93. The quantitative estimate of drug-likeness (QED) is 0.367. The minimum absolute atomic E-state index is 0.145. The summed E-state index contributed by atoms with van der Waals surface area (Å²) in [6.07, 6.45) is 0.790. The smallest absolute Gasteiger partial charge is 0.326 e. The maximum atomic E-state index is 12.3. The second kappa shape index (κ2) is 8.12. The number of hydrogen-bond donors (Lipinski definition) is 1. The van der Waals surface area contributed by atoms with Gasteiger partial charge in [-0.15, -0.1) is 22.7 Å². The van der Waals surface area contributed by atoms with E-state index in [1.807, 2.05) is 48.7 Å². The van der Waals surface area contributed by atoms with E-state index in [1.54, 1.807) is 15.9 Å². The SMILES string of the molecule is Cc1nc(-c2cccs2)c(CC(=O)OCCCn2c(=O)[nH]c3ccccc32)s1. The molecule has 0 bridgehead atoms. The predicted octanol–water partition coefficient (Wildman–Crippen LogP) is 4.00. The summed E-state index contributed by atoms with van der Waals surface area (Å²) in [5, 5.41) is 2.93. The summed E-state index contributed by atoms with van der Waals surface area (Å²) in [4.78, 5) is 33.7. The van der Waals surface area contributed by atoms with Crippen LogP contribution in [0.5, 0.6) is 0 Å². The number of rotatable bonds is 7. The van der Waals surface area contributed by atoms with E-state index < -0.39 is 0 Å². The molecule has 0 unspecified atom stereocenters. The highest BCUT2D eigenvalue weighted by atomic mass is 32.1. The van der Waals surface area contributed by atoms with Gasteiger partial charge in [-0.2, -0.15) is 0 Å². The molecule has 0 atom stereocenters. The van der Waals surface area contributed by atoms with Crippen molar-refractivity contribution in [3.05, 3.63) is 62.1 Å². The lowest BCUT2D eigenvalue weighted by molar-refractivity contribution is -0.142. The van der Waals surface area contributed by atoms with E-state index in [2.05, 4.69) is 9.97 Å². The molecule has 0 spiro atoms. The van der Waals surface area contributed by atoms with E-state index in [9.17, 15) is 9.59 Å². The number of imidazole rings is 1. The van der Waals surface area contributed by atoms with E-state index in [0.29, 0.717) is 13.0 Å². The third-order valence-corrected chi connectivity index (χ3v) is 6.18. The molecular weight excluding hydrogens is 394 g/mol. The fraction of sp³-hybridized carbons (Fsp3) is 0.250. The second-order valence-corrected chi connectivity index (χ2v) is 8.57. The molecule has 1 N–H and O–H groups in total. The van der Waals surface area contributed by atoms with Gasteiger partial charge in [0.2, 0.25) is 0 Å². The number of nitrogens with zero attached hydrogens (tertiary/aromatic N) is 2. The van der Waals surface area contributed by atoms with E-state index in [0.717, 1.165) is 31.5 Å². The molecule has 1 aromatic carbocycles. The number of thiazole rings is 1. The van der Waals surface area contributed by atoms with Crippen molar-refractivity contribution in [2.24, 2.45) is 0 Å². The number of ether oxygens (including phenoxy) is 1. The van der Waals surface area contributed by atoms with Crippen LogP contribution in [0.4, 0.5) is 0 Å². The number of esters is 1. The zero-order chi connectivity index (χ0) is 19.5. The number of benzene rings is 1. The fourth-order valence-corrected chi connectivity index (χ4v) is 4.86. The molecule has 0 amide bonds. The lowest BCUT2D eigenvalue weighted by Crippen LogP contribution is -2.18. The molecule has 8 heteroatoms. The summed E-state index contributed by atoms with van der Waals surface area (Å²) in [6, 6.07) is 11.5. The van der Waals surface area contributed by atoms with Gasteiger partial charge in [0.05, 0.1) is 39.6 Å². The Morgan fingerprint density at radius 1 is 1.25 bits per heavy atom. The first-order valence-corrected chi connectivity index (χ1v) is 10.6. The largest absolute Gasteiger partial charge is 0.465 e. The lowest BCUT2D eigenvalue weighted by atomic mass is 10.2. The molecular formula is C20H19N3O3S2. The van der Waals surface area contributed by atoms with Crippen molar-refractivity contribution >= 4 is 39.7 Å². The average Bonchev–Trinajstić information content (AvgIpc) is 3.38. The number of hydrogen-bond acceptors (Lipinski definition) is 6. The number of H-pyrrole nitrogens is 1. The summed E-state index contributed by atoms with van der Waals surface area (Å²) >= 11 is 3.14. The average molecular weight is 414 g/mol. The molecule has 4 rings (SSSR count). The Bertz CT molecular complexity index is 1160. The van der Waals surface area contributed by atoms with Gasteiger partial charge in [0.15, 0.2) is 0 Å². The third-order valence-electron chi connectivity index (χ3n) is 4.33. The Labute approximate surface area is 169 Å². The van der Waals surface area contributed by atoms with Gasteiger partial charge < -0.3 is 9.72 Å². The zero-order valence-electron chi connectivity index (χ0n) is 15.3. The highest BCUT2D eigenvalue weighted by molar-refractivity contribution is 7.15. The Kier molecular flexibility index (Phi) is 5.40. The van der Waals surface area contributed by atoms with Gasteiger partial charge in [-0.05, 0) is 36.9 Å². The van der Waals surface area contributed by atoms with Crippen LogP contribution in [0.3, 0.4) is 0 Å². The number of aromatic amines is 1. The summed E-state index contributed by atoms with van der Waals surface area (Å²) < 4.78 is 7.07. The van der Waals surface area contributed by atoms with E-state index >= 15 is 0 Å². The first-order chi connectivity index (χ1) is 13.6. The van der Waals surface area contributed by atoms with E-state index in [-0.39, 0.29) is 24.7 Å². The van der Waals surface area contributed by atoms with Crippen molar-refractivity contribution in [3.8, 4) is 10.6 Å². The molecule has 0 saturated carbocycles. The highest BCUT2D eigenvalue weighted by Crippen LogP contribution is 2.31. The van der Waals surface area contributed by atoms with Gasteiger partial charge in [-0.3, -0.25) is 9.36 Å². The van der Waals surface area contributed by atoms with Crippen molar-refractivity contribution in [1.29, 1.82) is 0 Å². The number of thiophene rings is 1. The van der Waals surface area contributed by atoms with Crippen LogP contribution in [0.25, 0.3) is 21.6 Å². The molecule has 144 valence electrons. The Balaban J connectivity index is 1.33. The molecule has 0 radical (unpaired) electrons. The first kappa shape index (κ1) is 18.6. The second-order valence-electron chi connectivity index (χ2n) is 6.33. The van der Waals surface area contributed by atoms with Crippen LogP contribution in [0.2, 0.25) is 0 Å². The van der Waals surface area contributed by atoms with Crippen LogP contribution >= 0.6 is 22.7 Å². The maximum absolute atomic E-state index is 12.3. The topological polar surface area (TPSA) is 77.0 Å². The van der Waals surface area contributed by atoms with Crippen LogP contribution in [0.1, 0.15) is 16.3 Å². The molecule has 3 aromatic heterocycles. The predicted molar refractivity (Wildman–Crippen MR) is 112 cm³/mol. The van der Waals surface area contributed by atoms with Crippen LogP contribution in [-0.2, 0) is 22.5 Å². The number of fused-ring (bicyclic) bond motifs is 1. The molecule has 4 aromatic rings. The van der Waals surface area contributed by atoms with Crippen molar-refractivity contribution in [1.82, 2.24) is 14.5 Å². The number of aryl methyl sites for hydroxylation is 2. The van der Waals surface area contributed by atoms with Gasteiger partial charge in [0, 0.05) is 11.4 Å².